The molecule has 1 aromatic heterocycles. The number of benzene rings is 2. The van der Waals surface area contributed by atoms with Gasteiger partial charge in [0, 0.05) is 22.7 Å². The molecule has 3 aromatic rings. The lowest BCUT2D eigenvalue weighted by Crippen LogP contribution is -2.39. The van der Waals surface area contributed by atoms with Crippen molar-refractivity contribution < 1.29 is 23.8 Å². The molecular weight excluding hydrogens is 399 g/mol. The second kappa shape index (κ2) is 8.63. The van der Waals surface area contributed by atoms with E-state index in [9.17, 15) is 19.1 Å². The highest BCUT2D eigenvalue weighted by Gasteiger charge is 2.28. The molecule has 1 amide bonds. The third-order valence-corrected chi connectivity index (χ3v) is 5.60. The number of amides is 1. The van der Waals surface area contributed by atoms with Crippen molar-refractivity contribution in [2.75, 3.05) is 0 Å². The fourth-order valence-electron chi connectivity index (χ4n) is 4.30. The third-order valence-electron chi connectivity index (χ3n) is 5.60. The van der Waals surface area contributed by atoms with Crippen molar-refractivity contribution in [3.05, 3.63) is 77.2 Å². The lowest BCUT2D eigenvalue weighted by atomic mass is 9.91. The topological polar surface area (TPSA) is 80.6 Å². The van der Waals surface area contributed by atoms with Crippen LogP contribution in [-0.2, 0) is 35.5 Å². The van der Waals surface area contributed by atoms with Crippen LogP contribution in [0.4, 0.5) is 9.18 Å². The van der Waals surface area contributed by atoms with Gasteiger partial charge < -0.3 is 19.7 Å². The summed E-state index contributed by atoms with van der Waals surface area (Å²) in [6.45, 7) is 3.71. The largest absolute Gasteiger partial charge is 0.480 e. The SMILES string of the molecule is C=Cc1cc(F)cc2c3c(n(CC(=O)O)c12)CC[C@@H](NC(=O)OCc1ccccc1)C3. The zero-order chi connectivity index (χ0) is 22.0. The number of carbonyl (C=O) groups is 2. The van der Waals surface area contributed by atoms with Crippen molar-refractivity contribution in [2.24, 2.45) is 0 Å². The molecule has 0 saturated carbocycles. The van der Waals surface area contributed by atoms with Gasteiger partial charge in [0.25, 0.3) is 0 Å². The van der Waals surface area contributed by atoms with Crippen molar-refractivity contribution in [3.63, 3.8) is 0 Å². The molecule has 0 radical (unpaired) electrons. The molecule has 1 aliphatic carbocycles. The summed E-state index contributed by atoms with van der Waals surface area (Å²) in [4.78, 5) is 23.7. The molecule has 0 aliphatic heterocycles. The highest BCUT2D eigenvalue weighted by atomic mass is 19.1. The Hall–Kier alpha value is -3.61. The molecule has 6 nitrogen and oxygen atoms in total. The van der Waals surface area contributed by atoms with E-state index in [1.165, 1.54) is 18.2 Å². The Morgan fingerprint density at radius 2 is 2.06 bits per heavy atom. The van der Waals surface area contributed by atoms with Gasteiger partial charge in [-0.3, -0.25) is 4.79 Å². The van der Waals surface area contributed by atoms with Gasteiger partial charge in [-0.15, -0.1) is 0 Å². The number of aliphatic carboxylic acids is 1. The van der Waals surface area contributed by atoms with Crippen LogP contribution in [0.3, 0.4) is 0 Å². The second-order valence-corrected chi connectivity index (χ2v) is 7.65. The second-order valence-electron chi connectivity index (χ2n) is 7.65. The van der Waals surface area contributed by atoms with Gasteiger partial charge in [-0.2, -0.15) is 0 Å². The summed E-state index contributed by atoms with van der Waals surface area (Å²) in [6, 6.07) is 12.0. The zero-order valence-corrected chi connectivity index (χ0v) is 16.9. The van der Waals surface area contributed by atoms with Crippen LogP contribution in [0.2, 0.25) is 0 Å². The summed E-state index contributed by atoms with van der Waals surface area (Å²) in [5.41, 5.74) is 3.83. The maximum atomic E-state index is 14.2. The van der Waals surface area contributed by atoms with E-state index in [1.807, 2.05) is 30.3 Å². The number of aromatic nitrogens is 1. The number of carboxylic acid groups (broad SMARTS) is 1. The first kappa shape index (κ1) is 20.7. The van der Waals surface area contributed by atoms with Gasteiger partial charge in [-0.1, -0.05) is 43.0 Å². The first-order valence-electron chi connectivity index (χ1n) is 10.1. The molecule has 31 heavy (non-hydrogen) atoms. The summed E-state index contributed by atoms with van der Waals surface area (Å²) in [5.74, 6) is -1.38. The van der Waals surface area contributed by atoms with E-state index in [2.05, 4.69) is 11.9 Å². The lowest BCUT2D eigenvalue weighted by Gasteiger charge is -2.24. The van der Waals surface area contributed by atoms with E-state index >= 15 is 0 Å². The standard InChI is InChI=1S/C24H23FN2O4/c1-2-16-10-17(25)11-20-19-12-18(8-9-21(19)27(23(16)20)13-22(28)29)26-24(30)31-14-15-6-4-3-5-7-15/h2-7,10-11,18H,1,8-9,12-14H2,(H,26,30)(H,28,29)/t18-/m1/s1. The summed E-state index contributed by atoms with van der Waals surface area (Å²) in [5, 5.41) is 12.9. The van der Waals surface area contributed by atoms with E-state index in [1.54, 1.807) is 4.57 Å². The minimum atomic E-state index is -0.969. The minimum Gasteiger partial charge on any atom is -0.480 e. The molecule has 0 unspecified atom stereocenters. The Balaban J connectivity index is 1.57. The minimum absolute atomic E-state index is 0.177. The summed E-state index contributed by atoms with van der Waals surface area (Å²) in [7, 11) is 0. The van der Waals surface area contributed by atoms with Crippen molar-refractivity contribution in [1.82, 2.24) is 9.88 Å². The average molecular weight is 422 g/mol. The quantitative estimate of drug-likeness (QED) is 0.621. The number of ether oxygens (including phenoxy) is 1. The molecule has 1 heterocycles. The molecule has 2 N–H and O–H groups in total. The molecule has 7 heteroatoms. The molecule has 0 fully saturated rings. The number of hydrogen-bond donors (Lipinski definition) is 2. The Morgan fingerprint density at radius 1 is 1.29 bits per heavy atom. The maximum absolute atomic E-state index is 14.2. The van der Waals surface area contributed by atoms with Crippen molar-refractivity contribution in [1.29, 1.82) is 0 Å². The van der Waals surface area contributed by atoms with E-state index in [4.69, 9.17) is 4.74 Å². The fourth-order valence-corrected chi connectivity index (χ4v) is 4.30. The number of nitrogens with one attached hydrogen (secondary N) is 1. The maximum Gasteiger partial charge on any atom is 0.407 e. The number of carbonyl (C=O) groups excluding carboxylic acids is 1. The van der Waals surface area contributed by atoms with Gasteiger partial charge in [0.15, 0.2) is 0 Å². The van der Waals surface area contributed by atoms with Crippen LogP contribution in [0.15, 0.2) is 49.0 Å². The van der Waals surface area contributed by atoms with Gasteiger partial charge >= 0.3 is 12.1 Å². The first-order chi connectivity index (χ1) is 15.0. The van der Waals surface area contributed by atoms with Crippen LogP contribution in [0, 0.1) is 5.82 Å². The molecule has 0 spiro atoms. The number of nitrogens with zero attached hydrogens (tertiary/aromatic N) is 1. The van der Waals surface area contributed by atoms with Gasteiger partial charge in [0.1, 0.15) is 19.0 Å². The number of halogens is 1. The molecule has 1 atom stereocenters. The lowest BCUT2D eigenvalue weighted by molar-refractivity contribution is -0.137. The van der Waals surface area contributed by atoms with Crippen LogP contribution in [0.1, 0.15) is 28.8 Å². The number of hydrogen-bond acceptors (Lipinski definition) is 3. The van der Waals surface area contributed by atoms with E-state index in [0.29, 0.717) is 35.7 Å². The van der Waals surface area contributed by atoms with Crippen LogP contribution in [0.5, 0.6) is 0 Å². The number of alkyl carbamates (subject to hydrolysis) is 1. The Kier molecular flexibility index (Phi) is 5.75. The van der Waals surface area contributed by atoms with Gasteiger partial charge in [0.05, 0.1) is 5.52 Å². The van der Waals surface area contributed by atoms with Gasteiger partial charge in [-0.25, -0.2) is 9.18 Å². The summed E-state index contributed by atoms with van der Waals surface area (Å²) < 4.78 is 21.3. The van der Waals surface area contributed by atoms with Crippen LogP contribution in [0.25, 0.3) is 17.0 Å². The van der Waals surface area contributed by atoms with E-state index in [0.717, 1.165) is 16.8 Å². The monoisotopic (exact) mass is 422 g/mol. The molecular formula is C24H23FN2O4. The Labute approximate surface area is 178 Å². The van der Waals surface area contributed by atoms with Gasteiger partial charge in [-0.05, 0) is 42.5 Å². The smallest absolute Gasteiger partial charge is 0.407 e. The summed E-state index contributed by atoms with van der Waals surface area (Å²) in [6.07, 6.45) is 2.70. The number of rotatable bonds is 6. The zero-order valence-electron chi connectivity index (χ0n) is 16.9. The molecule has 0 saturated heterocycles. The summed E-state index contributed by atoms with van der Waals surface area (Å²) >= 11 is 0. The molecule has 4 rings (SSSR count). The van der Waals surface area contributed by atoms with Crippen molar-refractivity contribution in [2.45, 2.75) is 38.5 Å². The van der Waals surface area contributed by atoms with Crippen LogP contribution in [-0.4, -0.2) is 27.8 Å². The number of fused-ring (bicyclic) bond motifs is 3. The predicted octanol–water partition coefficient (Wildman–Crippen LogP) is 4.29. The van der Waals surface area contributed by atoms with Crippen molar-refractivity contribution >= 4 is 29.0 Å². The Morgan fingerprint density at radius 3 is 2.77 bits per heavy atom. The predicted molar refractivity (Wildman–Crippen MR) is 115 cm³/mol. The van der Waals surface area contributed by atoms with E-state index in [-0.39, 0.29) is 19.2 Å². The van der Waals surface area contributed by atoms with E-state index < -0.39 is 17.9 Å². The third kappa shape index (κ3) is 4.30. The molecule has 0 bridgehead atoms. The average Bonchev–Trinajstić information content (AvgIpc) is 3.05. The van der Waals surface area contributed by atoms with Crippen LogP contribution >= 0.6 is 0 Å². The molecule has 160 valence electrons. The van der Waals surface area contributed by atoms with Gasteiger partial charge in [0.2, 0.25) is 0 Å². The van der Waals surface area contributed by atoms with Crippen LogP contribution < -0.4 is 5.32 Å². The first-order valence-corrected chi connectivity index (χ1v) is 10.1. The van der Waals surface area contributed by atoms with Crippen molar-refractivity contribution in [3.8, 4) is 0 Å². The highest BCUT2D eigenvalue weighted by Crippen LogP contribution is 2.35. The molecule has 1 aliphatic rings. The Bertz CT molecular complexity index is 1150. The molecule has 2 aromatic carbocycles. The highest BCUT2D eigenvalue weighted by molar-refractivity contribution is 5.93. The fraction of sp³-hybridized carbons (Fsp3) is 0.250. The normalized spacial score (nSPS) is 15.3. The number of carboxylic acids is 1.